The van der Waals surface area contributed by atoms with Crippen molar-refractivity contribution in [3.05, 3.63) is 59.9 Å². The number of hydrogen-bond donors (Lipinski definition) is 3. The molecule has 0 aliphatic heterocycles. The molecule has 32 heavy (non-hydrogen) atoms. The van der Waals surface area contributed by atoms with Crippen LogP contribution in [0.15, 0.2) is 48.8 Å². The van der Waals surface area contributed by atoms with E-state index in [1.54, 1.807) is 69.6 Å². The third-order valence-electron chi connectivity index (χ3n) is 4.38. The Morgan fingerprint density at radius 1 is 1.22 bits per heavy atom. The van der Waals surface area contributed by atoms with Crippen molar-refractivity contribution < 1.29 is 19.4 Å². The summed E-state index contributed by atoms with van der Waals surface area (Å²) in [6, 6.07) is 11.4. The van der Waals surface area contributed by atoms with Crippen LogP contribution in [0.5, 0.6) is 0 Å². The van der Waals surface area contributed by atoms with Gasteiger partial charge >= 0.3 is 12.1 Å². The predicted octanol–water partition coefficient (Wildman–Crippen LogP) is 3.77. The first-order valence-corrected chi connectivity index (χ1v) is 9.88. The van der Waals surface area contributed by atoms with Crippen LogP contribution in [0.3, 0.4) is 0 Å². The van der Waals surface area contributed by atoms with Crippen molar-refractivity contribution in [3.8, 4) is 6.07 Å². The molecular formula is C23H23N5O4. The van der Waals surface area contributed by atoms with Gasteiger partial charge in [0.05, 0.1) is 11.1 Å². The molecule has 2 aromatic heterocycles. The minimum Gasteiger partial charge on any atom is -0.480 e. The second kappa shape index (κ2) is 9.31. The zero-order valence-electron chi connectivity index (χ0n) is 17.9. The number of carboxylic acids is 1. The standard InChI is InChI=1S/C23H23N5O4/c1-23(2,3)32-22(31)28-19(21(29)30)10-14-4-6-17(7-5-14)26-20-15(12-24)11-16-13-25-9-8-18(16)27-20/h4-9,11,13,19H,10H2,1-3H3,(H,26,27)(H,28,31)(H,29,30)/t19-/m0/s1. The van der Waals surface area contributed by atoms with E-state index >= 15 is 0 Å². The molecule has 0 spiro atoms. The van der Waals surface area contributed by atoms with Crippen LogP contribution in [-0.2, 0) is 16.0 Å². The third kappa shape index (κ3) is 5.92. The van der Waals surface area contributed by atoms with Gasteiger partial charge in [0.15, 0.2) is 0 Å². The van der Waals surface area contributed by atoms with Crippen LogP contribution in [0.25, 0.3) is 10.9 Å². The summed E-state index contributed by atoms with van der Waals surface area (Å²) < 4.78 is 5.13. The van der Waals surface area contributed by atoms with Gasteiger partial charge < -0.3 is 20.5 Å². The van der Waals surface area contributed by atoms with Crippen LogP contribution >= 0.6 is 0 Å². The molecule has 0 saturated carbocycles. The smallest absolute Gasteiger partial charge is 0.408 e. The fourth-order valence-electron chi connectivity index (χ4n) is 2.94. The number of benzene rings is 1. The maximum Gasteiger partial charge on any atom is 0.408 e. The van der Waals surface area contributed by atoms with Crippen molar-refractivity contribution in [2.45, 2.75) is 38.8 Å². The molecule has 3 rings (SSSR count). The average molecular weight is 433 g/mol. The van der Waals surface area contributed by atoms with Crippen LogP contribution in [0, 0.1) is 11.3 Å². The van der Waals surface area contributed by atoms with Crippen LogP contribution in [0.2, 0.25) is 0 Å². The molecule has 9 nitrogen and oxygen atoms in total. The van der Waals surface area contributed by atoms with Crippen molar-refractivity contribution in [1.29, 1.82) is 5.26 Å². The quantitative estimate of drug-likeness (QED) is 0.534. The number of nitrogens with zero attached hydrogens (tertiary/aromatic N) is 3. The lowest BCUT2D eigenvalue weighted by Gasteiger charge is -2.22. The molecule has 0 aliphatic rings. The summed E-state index contributed by atoms with van der Waals surface area (Å²) in [7, 11) is 0. The lowest BCUT2D eigenvalue weighted by molar-refractivity contribution is -0.139. The molecule has 1 amide bonds. The number of pyridine rings is 2. The van der Waals surface area contributed by atoms with Crippen LogP contribution in [-0.4, -0.2) is 38.8 Å². The fraction of sp³-hybridized carbons (Fsp3) is 0.261. The normalized spacial score (nSPS) is 11.9. The van der Waals surface area contributed by atoms with Crippen molar-refractivity contribution >= 4 is 34.5 Å². The van der Waals surface area contributed by atoms with Gasteiger partial charge in [-0.3, -0.25) is 4.98 Å². The highest BCUT2D eigenvalue weighted by Gasteiger charge is 2.24. The Balaban J connectivity index is 1.72. The SMILES string of the molecule is CC(C)(C)OC(=O)N[C@@H](Cc1ccc(Nc2nc3ccncc3cc2C#N)cc1)C(=O)O. The van der Waals surface area contributed by atoms with E-state index in [-0.39, 0.29) is 6.42 Å². The van der Waals surface area contributed by atoms with E-state index in [9.17, 15) is 20.0 Å². The van der Waals surface area contributed by atoms with Crippen LogP contribution < -0.4 is 10.6 Å². The number of carbonyl (C=O) groups is 2. The van der Waals surface area contributed by atoms with Gasteiger partial charge in [-0.15, -0.1) is 0 Å². The Morgan fingerprint density at radius 3 is 2.56 bits per heavy atom. The van der Waals surface area contributed by atoms with Crippen molar-refractivity contribution in [2.75, 3.05) is 5.32 Å². The lowest BCUT2D eigenvalue weighted by atomic mass is 10.1. The molecule has 0 unspecified atom stereocenters. The van der Waals surface area contributed by atoms with Crippen LogP contribution in [0.1, 0.15) is 31.9 Å². The highest BCUT2D eigenvalue weighted by molar-refractivity contribution is 5.83. The highest BCUT2D eigenvalue weighted by Crippen LogP contribution is 2.23. The maximum atomic E-state index is 11.9. The fourth-order valence-corrected chi connectivity index (χ4v) is 2.94. The van der Waals surface area contributed by atoms with Gasteiger partial charge in [0, 0.05) is 29.9 Å². The van der Waals surface area contributed by atoms with E-state index in [1.807, 2.05) is 0 Å². The largest absolute Gasteiger partial charge is 0.480 e. The summed E-state index contributed by atoms with van der Waals surface area (Å²) in [5.41, 5.74) is 1.74. The Bertz CT molecular complexity index is 1180. The number of aliphatic carboxylic acids is 1. The molecule has 0 aliphatic carbocycles. The molecule has 1 aromatic carbocycles. The van der Waals surface area contributed by atoms with Gasteiger partial charge in [0.2, 0.25) is 0 Å². The number of fused-ring (bicyclic) bond motifs is 1. The number of nitriles is 1. The number of hydrogen-bond acceptors (Lipinski definition) is 7. The highest BCUT2D eigenvalue weighted by atomic mass is 16.6. The van der Waals surface area contributed by atoms with Gasteiger partial charge in [-0.25, -0.2) is 14.6 Å². The number of nitrogens with one attached hydrogen (secondary N) is 2. The Hall–Kier alpha value is -4.19. The number of anilines is 2. The first-order valence-electron chi connectivity index (χ1n) is 9.88. The predicted molar refractivity (Wildman–Crippen MR) is 118 cm³/mol. The van der Waals surface area contributed by atoms with Gasteiger partial charge in [0.1, 0.15) is 23.5 Å². The van der Waals surface area contributed by atoms with Gasteiger partial charge in [-0.1, -0.05) is 12.1 Å². The maximum absolute atomic E-state index is 11.9. The second-order valence-electron chi connectivity index (χ2n) is 8.13. The molecule has 9 heteroatoms. The van der Waals surface area contributed by atoms with Crippen LogP contribution in [0.4, 0.5) is 16.3 Å². The van der Waals surface area contributed by atoms with Crippen molar-refractivity contribution in [1.82, 2.24) is 15.3 Å². The molecule has 3 N–H and O–H groups in total. The molecule has 2 heterocycles. The number of carbonyl (C=O) groups excluding carboxylic acids is 1. The van der Waals surface area contributed by atoms with Crippen molar-refractivity contribution in [3.63, 3.8) is 0 Å². The summed E-state index contributed by atoms with van der Waals surface area (Å²) in [5.74, 6) is -0.750. The molecule has 0 fully saturated rings. The number of carboxylic acid groups (broad SMARTS) is 1. The molecule has 1 atom stereocenters. The third-order valence-corrected chi connectivity index (χ3v) is 4.38. The van der Waals surface area contributed by atoms with Crippen molar-refractivity contribution in [2.24, 2.45) is 0 Å². The Kier molecular flexibility index (Phi) is 6.54. The van der Waals surface area contributed by atoms with Gasteiger partial charge in [-0.05, 0) is 50.6 Å². The Labute approximate surface area is 185 Å². The summed E-state index contributed by atoms with van der Waals surface area (Å²) in [6.45, 7) is 5.10. The minimum absolute atomic E-state index is 0.0829. The van der Waals surface area contributed by atoms with E-state index in [1.165, 1.54) is 0 Å². The summed E-state index contributed by atoms with van der Waals surface area (Å²) in [6.07, 6.45) is 2.57. The van der Waals surface area contributed by atoms with Gasteiger partial charge in [-0.2, -0.15) is 5.26 Å². The van der Waals surface area contributed by atoms with E-state index in [0.29, 0.717) is 28.1 Å². The van der Waals surface area contributed by atoms with E-state index < -0.39 is 23.7 Å². The monoisotopic (exact) mass is 433 g/mol. The number of amides is 1. The van der Waals surface area contributed by atoms with E-state index in [0.717, 1.165) is 5.39 Å². The number of rotatable bonds is 6. The molecule has 0 radical (unpaired) electrons. The second-order valence-corrected chi connectivity index (χ2v) is 8.13. The molecular weight excluding hydrogens is 410 g/mol. The summed E-state index contributed by atoms with van der Waals surface area (Å²) >= 11 is 0. The lowest BCUT2D eigenvalue weighted by Crippen LogP contribution is -2.44. The first-order chi connectivity index (χ1) is 15.1. The summed E-state index contributed by atoms with van der Waals surface area (Å²) in [4.78, 5) is 32.0. The van der Waals surface area contributed by atoms with E-state index in [4.69, 9.17) is 4.74 Å². The molecule has 0 saturated heterocycles. The Morgan fingerprint density at radius 2 is 1.94 bits per heavy atom. The minimum atomic E-state index is -1.16. The topological polar surface area (TPSA) is 137 Å². The molecule has 0 bridgehead atoms. The average Bonchev–Trinajstić information content (AvgIpc) is 2.72. The number of aromatic nitrogens is 2. The number of alkyl carbamates (subject to hydrolysis) is 1. The summed E-state index contributed by atoms with van der Waals surface area (Å²) in [5, 5.41) is 25.2. The van der Waals surface area contributed by atoms with E-state index in [2.05, 4.69) is 26.7 Å². The first kappa shape index (κ1) is 22.5. The zero-order valence-corrected chi connectivity index (χ0v) is 17.9. The van der Waals surface area contributed by atoms with Gasteiger partial charge in [0.25, 0.3) is 0 Å². The zero-order chi connectivity index (χ0) is 23.3. The molecule has 3 aromatic rings. The molecule has 164 valence electrons. The number of ether oxygens (including phenoxy) is 1.